The van der Waals surface area contributed by atoms with Crippen molar-refractivity contribution in [3.05, 3.63) is 104 Å². The third kappa shape index (κ3) is 3.91. The third-order valence-corrected chi connectivity index (χ3v) is 6.67. The molecule has 0 spiro atoms. The van der Waals surface area contributed by atoms with Crippen LogP contribution in [0.3, 0.4) is 0 Å². The van der Waals surface area contributed by atoms with Crippen LogP contribution in [-0.4, -0.2) is 21.6 Å². The number of benzene rings is 3. The van der Waals surface area contributed by atoms with Crippen LogP contribution in [0.5, 0.6) is 0 Å². The van der Waals surface area contributed by atoms with Crippen molar-refractivity contribution in [2.24, 2.45) is 5.10 Å². The number of hydrogen-bond donors (Lipinski definition) is 1. The predicted molar refractivity (Wildman–Crippen MR) is 137 cm³/mol. The lowest BCUT2D eigenvalue weighted by molar-refractivity contribution is -0.132. The fraction of sp³-hybridized carbons (Fsp3) is 0.148. The first-order chi connectivity index (χ1) is 16.5. The molecule has 0 radical (unpaired) electrons. The Morgan fingerprint density at radius 1 is 1.00 bits per heavy atom. The van der Waals surface area contributed by atoms with Gasteiger partial charge in [-0.15, -0.1) is 0 Å². The Morgan fingerprint density at radius 3 is 2.44 bits per heavy atom. The molecule has 5 rings (SSSR count). The third-order valence-electron chi connectivity index (χ3n) is 6.08. The molecule has 0 aliphatic carbocycles. The Bertz CT molecular complexity index is 1490. The molecule has 1 aromatic heterocycles. The van der Waals surface area contributed by atoms with Crippen molar-refractivity contribution in [3.8, 4) is 11.1 Å². The maximum absolute atomic E-state index is 13.4. The molecule has 0 unspecified atom stereocenters. The van der Waals surface area contributed by atoms with Crippen molar-refractivity contribution in [1.82, 2.24) is 9.99 Å². The zero-order valence-electron chi connectivity index (χ0n) is 18.4. The van der Waals surface area contributed by atoms with Crippen molar-refractivity contribution >= 4 is 45.7 Å². The van der Waals surface area contributed by atoms with E-state index in [-0.39, 0.29) is 23.9 Å². The molecule has 1 atom stereocenters. The number of halogens is 2. The second-order valence-electron chi connectivity index (χ2n) is 8.14. The van der Waals surface area contributed by atoms with Crippen LogP contribution in [0, 0.1) is 0 Å². The molecule has 0 bridgehead atoms. The Kier molecular flexibility index (Phi) is 5.98. The highest BCUT2D eigenvalue weighted by molar-refractivity contribution is 6.31. The molecule has 0 fully saturated rings. The lowest BCUT2D eigenvalue weighted by Crippen LogP contribution is -2.26. The number of hydrogen-bond acceptors (Lipinski definition) is 3. The molecule has 5 nitrogen and oxygen atoms in total. The van der Waals surface area contributed by atoms with Gasteiger partial charge in [0.1, 0.15) is 0 Å². The van der Waals surface area contributed by atoms with Gasteiger partial charge >= 0.3 is 0 Å². The summed E-state index contributed by atoms with van der Waals surface area (Å²) in [5.41, 5.74) is 3.87. The smallest absolute Gasteiger partial charge is 0.258 e. The molecule has 1 aliphatic rings. The van der Waals surface area contributed by atoms with Gasteiger partial charge in [-0.1, -0.05) is 78.7 Å². The van der Waals surface area contributed by atoms with Crippen LogP contribution < -0.4 is 5.56 Å². The van der Waals surface area contributed by atoms with Gasteiger partial charge in [0.25, 0.3) is 5.56 Å². The SMILES string of the molecule is CCC(=O)N1N=C(c2c(-c3ccc(Cl)cc3)c3ccccc3[nH]c2=O)C[C@H]1c1ccccc1Cl. The molecule has 170 valence electrons. The molecular weight excluding hydrogens is 469 g/mol. The molecule has 1 aliphatic heterocycles. The Morgan fingerprint density at radius 2 is 1.71 bits per heavy atom. The van der Waals surface area contributed by atoms with Crippen LogP contribution in [0.2, 0.25) is 10.0 Å². The van der Waals surface area contributed by atoms with Crippen molar-refractivity contribution < 1.29 is 4.79 Å². The summed E-state index contributed by atoms with van der Waals surface area (Å²) in [7, 11) is 0. The predicted octanol–water partition coefficient (Wildman–Crippen LogP) is 6.59. The highest BCUT2D eigenvalue weighted by Gasteiger charge is 2.35. The van der Waals surface area contributed by atoms with E-state index in [1.165, 1.54) is 5.01 Å². The van der Waals surface area contributed by atoms with Gasteiger partial charge in [-0.2, -0.15) is 5.10 Å². The van der Waals surface area contributed by atoms with E-state index in [1.54, 1.807) is 25.1 Å². The maximum atomic E-state index is 13.4. The van der Waals surface area contributed by atoms with Gasteiger partial charge in [0, 0.05) is 39.4 Å². The molecule has 4 aromatic rings. The first-order valence-corrected chi connectivity index (χ1v) is 11.8. The Labute approximate surface area is 206 Å². The number of aromatic nitrogens is 1. The first kappa shape index (κ1) is 22.4. The minimum absolute atomic E-state index is 0.134. The number of aromatic amines is 1. The molecule has 0 saturated carbocycles. The number of hydrazone groups is 1. The average molecular weight is 490 g/mol. The van der Waals surface area contributed by atoms with E-state index in [4.69, 9.17) is 28.3 Å². The van der Waals surface area contributed by atoms with Gasteiger partial charge in [0.15, 0.2) is 0 Å². The summed E-state index contributed by atoms with van der Waals surface area (Å²) in [6.45, 7) is 1.79. The molecule has 1 N–H and O–H groups in total. The minimum atomic E-state index is -0.389. The van der Waals surface area contributed by atoms with Gasteiger partial charge in [0.2, 0.25) is 5.91 Å². The topological polar surface area (TPSA) is 65.5 Å². The quantitative estimate of drug-likeness (QED) is 0.351. The highest BCUT2D eigenvalue weighted by Crippen LogP contribution is 2.39. The van der Waals surface area contributed by atoms with Gasteiger partial charge in [0.05, 0.1) is 17.3 Å². The normalized spacial score (nSPS) is 15.6. The van der Waals surface area contributed by atoms with Gasteiger partial charge in [-0.25, -0.2) is 5.01 Å². The Hall–Kier alpha value is -3.41. The average Bonchev–Trinajstić information content (AvgIpc) is 3.28. The van der Waals surface area contributed by atoms with E-state index in [0.29, 0.717) is 27.7 Å². The van der Waals surface area contributed by atoms with Crippen molar-refractivity contribution in [3.63, 3.8) is 0 Å². The van der Waals surface area contributed by atoms with E-state index in [9.17, 15) is 9.59 Å². The van der Waals surface area contributed by atoms with Crippen LogP contribution in [0.25, 0.3) is 22.0 Å². The van der Waals surface area contributed by atoms with Gasteiger partial charge in [-0.3, -0.25) is 9.59 Å². The molecule has 1 amide bonds. The second kappa shape index (κ2) is 9.09. The summed E-state index contributed by atoms with van der Waals surface area (Å²) in [5, 5.41) is 8.22. The van der Waals surface area contributed by atoms with E-state index >= 15 is 0 Å². The number of nitrogens with one attached hydrogen (secondary N) is 1. The summed E-state index contributed by atoms with van der Waals surface area (Å²) in [5.74, 6) is -0.134. The number of carbonyl (C=O) groups is 1. The number of para-hydroxylation sites is 1. The van der Waals surface area contributed by atoms with Gasteiger partial charge < -0.3 is 4.98 Å². The number of nitrogens with zero attached hydrogens (tertiary/aromatic N) is 2. The van der Waals surface area contributed by atoms with Crippen LogP contribution in [0.1, 0.15) is 36.9 Å². The number of carbonyl (C=O) groups excluding carboxylic acids is 1. The molecule has 0 saturated heterocycles. The summed E-state index contributed by atoms with van der Waals surface area (Å²) in [6, 6.07) is 22.1. The fourth-order valence-electron chi connectivity index (χ4n) is 4.48. The fourth-order valence-corrected chi connectivity index (χ4v) is 4.86. The summed E-state index contributed by atoms with van der Waals surface area (Å²) >= 11 is 12.6. The summed E-state index contributed by atoms with van der Waals surface area (Å²) in [6.07, 6.45) is 0.660. The number of H-pyrrole nitrogens is 1. The van der Waals surface area contributed by atoms with Crippen molar-refractivity contribution in [2.75, 3.05) is 0 Å². The zero-order chi connectivity index (χ0) is 23.8. The molecule has 7 heteroatoms. The number of fused-ring (bicyclic) bond motifs is 1. The lowest BCUT2D eigenvalue weighted by atomic mass is 9.91. The van der Waals surface area contributed by atoms with E-state index < -0.39 is 0 Å². The molecular formula is C27H21Cl2N3O2. The number of rotatable bonds is 4. The maximum Gasteiger partial charge on any atom is 0.258 e. The standard InChI is InChI=1S/C27H21Cl2N3O2/c1-2-24(33)32-23(18-7-3-5-9-20(18)29)15-22(31-32)26-25(16-11-13-17(28)14-12-16)19-8-4-6-10-21(19)30-27(26)34/h3-14,23H,2,15H2,1H3,(H,30,34)/t23-/m0/s1. The molecule has 3 aromatic carbocycles. The van der Waals surface area contributed by atoms with E-state index in [0.717, 1.165) is 27.6 Å². The van der Waals surface area contributed by atoms with Crippen molar-refractivity contribution in [1.29, 1.82) is 0 Å². The molecule has 2 heterocycles. The second-order valence-corrected chi connectivity index (χ2v) is 8.98. The summed E-state index contributed by atoms with van der Waals surface area (Å²) in [4.78, 5) is 29.3. The minimum Gasteiger partial charge on any atom is -0.321 e. The summed E-state index contributed by atoms with van der Waals surface area (Å²) < 4.78 is 0. The van der Waals surface area contributed by atoms with Crippen LogP contribution >= 0.6 is 23.2 Å². The largest absolute Gasteiger partial charge is 0.321 e. The monoisotopic (exact) mass is 489 g/mol. The lowest BCUT2D eigenvalue weighted by Gasteiger charge is -2.22. The van der Waals surface area contributed by atoms with Crippen LogP contribution in [-0.2, 0) is 4.79 Å². The Balaban J connectivity index is 1.74. The number of pyridine rings is 1. The van der Waals surface area contributed by atoms with E-state index in [1.807, 2.05) is 54.6 Å². The zero-order valence-corrected chi connectivity index (χ0v) is 19.9. The first-order valence-electron chi connectivity index (χ1n) is 11.0. The van der Waals surface area contributed by atoms with Gasteiger partial charge in [-0.05, 0) is 35.4 Å². The molecule has 34 heavy (non-hydrogen) atoms. The van der Waals surface area contributed by atoms with Crippen molar-refractivity contribution in [2.45, 2.75) is 25.8 Å². The van der Waals surface area contributed by atoms with E-state index in [2.05, 4.69) is 4.98 Å². The number of amides is 1. The highest BCUT2D eigenvalue weighted by atomic mass is 35.5. The van der Waals surface area contributed by atoms with Crippen LogP contribution in [0.4, 0.5) is 0 Å². The van der Waals surface area contributed by atoms with Crippen LogP contribution in [0.15, 0.2) is 82.7 Å².